The molecule has 1 aliphatic heterocycles. The molecule has 17 heteroatoms. The number of aromatic nitrogens is 6. The van der Waals surface area contributed by atoms with Gasteiger partial charge in [0.05, 0.1) is 29.4 Å². The second-order valence-corrected chi connectivity index (χ2v) is 9.79. The third-order valence-corrected chi connectivity index (χ3v) is 6.83. The van der Waals surface area contributed by atoms with Crippen molar-refractivity contribution in [2.75, 3.05) is 23.3 Å². The number of anilines is 2. The van der Waals surface area contributed by atoms with E-state index in [0.29, 0.717) is 36.2 Å². The van der Waals surface area contributed by atoms with E-state index in [9.17, 15) is 35.5 Å². The van der Waals surface area contributed by atoms with Crippen LogP contribution in [0, 0.1) is 0 Å². The third-order valence-electron chi connectivity index (χ3n) is 6.46. The highest BCUT2D eigenvalue weighted by Crippen LogP contribution is 2.48. The number of nitrogens with one attached hydrogen (secondary N) is 2. The first-order valence-electron chi connectivity index (χ1n) is 12.0. The van der Waals surface area contributed by atoms with Crippen LogP contribution in [0.5, 0.6) is 0 Å². The van der Waals surface area contributed by atoms with Gasteiger partial charge in [0, 0.05) is 23.7 Å². The van der Waals surface area contributed by atoms with Crippen LogP contribution in [-0.4, -0.2) is 55.6 Å². The van der Waals surface area contributed by atoms with Gasteiger partial charge in [0.15, 0.2) is 5.69 Å². The van der Waals surface area contributed by atoms with Gasteiger partial charge >= 0.3 is 12.4 Å². The molecule has 0 unspecified atom stereocenters. The Morgan fingerprint density at radius 1 is 1.20 bits per heavy atom. The van der Waals surface area contributed by atoms with E-state index in [4.69, 9.17) is 11.6 Å². The normalized spacial score (nSPS) is 17.1. The van der Waals surface area contributed by atoms with Crippen LogP contribution in [0.15, 0.2) is 30.1 Å². The number of tetrazole rings is 1. The van der Waals surface area contributed by atoms with Crippen molar-refractivity contribution in [1.82, 2.24) is 30.4 Å². The molecule has 2 aliphatic rings. The minimum Gasteiger partial charge on any atom is -0.365 e. The van der Waals surface area contributed by atoms with Crippen molar-refractivity contribution in [1.29, 1.82) is 0 Å². The summed E-state index contributed by atoms with van der Waals surface area (Å²) in [6.07, 6.45) is -9.12. The quantitative estimate of drug-likeness (QED) is 0.336. The van der Waals surface area contributed by atoms with Gasteiger partial charge in [-0.1, -0.05) is 11.6 Å². The number of hydrogen-bond donors (Lipinski definition) is 2. The van der Waals surface area contributed by atoms with Crippen LogP contribution in [0.1, 0.15) is 49.0 Å². The highest BCUT2D eigenvalue weighted by molar-refractivity contribution is 6.32. The summed E-state index contributed by atoms with van der Waals surface area (Å²) in [5.74, 6) is -2.22. The first kappa shape index (κ1) is 27.9. The number of rotatable bonds is 7. The Hall–Kier alpha value is -3.69. The van der Waals surface area contributed by atoms with Gasteiger partial charge in [-0.3, -0.25) is 9.48 Å². The fraction of sp³-hybridized carbons (Fsp3) is 0.435. The van der Waals surface area contributed by atoms with Gasteiger partial charge in [0.1, 0.15) is 11.9 Å². The summed E-state index contributed by atoms with van der Waals surface area (Å²) >= 11 is 5.95. The van der Waals surface area contributed by atoms with E-state index in [1.54, 1.807) is 4.90 Å². The van der Waals surface area contributed by atoms with Crippen molar-refractivity contribution in [3.63, 3.8) is 0 Å². The van der Waals surface area contributed by atoms with Gasteiger partial charge in [0.2, 0.25) is 11.7 Å². The van der Waals surface area contributed by atoms with Crippen LogP contribution in [0.3, 0.4) is 0 Å². The number of alkyl halides is 6. The zero-order valence-corrected chi connectivity index (χ0v) is 21.1. The molecule has 1 amide bonds. The summed E-state index contributed by atoms with van der Waals surface area (Å²) < 4.78 is 95.9. The first-order valence-corrected chi connectivity index (χ1v) is 12.4. The smallest absolute Gasteiger partial charge is 0.365 e. The molecule has 3 aromatic rings. The lowest BCUT2D eigenvalue weighted by molar-refractivity contribution is -0.152. The number of H-pyrrole nitrogens is 1. The molecular formula is C23H20ClF7N8O. The van der Waals surface area contributed by atoms with Crippen LogP contribution in [0.2, 0.25) is 5.02 Å². The van der Waals surface area contributed by atoms with E-state index >= 15 is 0 Å². The fourth-order valence-corrected chi connectivity index (χ4v) is 4.90. The van der Waals surface area contributed by atoms with Crippen molar-refractivity contribution < 1.29 is 35.5 Å². The van der Waals surface area contributed by atoms with E-state index in [1.807, 2.05) is 0 Å². The molecule has 0 saturated heterocycles. The molecule has 40 heavy (non-hydrogen) atoms. The average molecular weight is 593 g/mol. The minimum absolute atomic E-state index is 0.0173. The lowest BCUT2D eigenvalue weighted by atomic mass is 10.1. The number of nitrogens with zero attached hydrogens (tertiary/aromatic N) is 6. The Morgan fingerprint density at radius 3 is 2.55 bits per heavy atom. The predicted molar refractivity (Wildman–Crippen MR) is 128 cm³/mol. The number of aromatic amines is 1. The predicted octanol–water partition coefficient (Wildman–Crippen LogP) is 5.81. The molecule has 0 spiro atoms. The standard InChI is InChI=1S/C23H20ClF7N8O/c24-17-18(11-3-4-11)39(35-19(17)23(29,30)31)16(9-22(26,27)28)21(40)32-15-6-5-13(38-7-1-2-12(25)10-38)8-14(15)20-33-36-37-34-20/h2,5-6,8,11,16H,1,3-4,7,9-10H2,(H,32,40)(H,33,34,36,37)/t16-/m0/s1. The highest BCUT2D eigenvalue weighted by atomic mass is 35.5. The second-order valence-electron chi connectivity index (χ2n) is 9.42. The second kappa shape index (κ2) is 10.4. The van der Waals surface area contributed by atoms with Crippen LogP contribution in [-0.2, 0) is 11.0 Å². The Bertz CT molecular complexity index is 1430. The maximum absolute atomic E-state index is 13.9. The first-order chi connectivity index (χ1) is 18.8. The number of carbonyl (C=O) groups is 1. The molecule has 5 rings (SSSR count). The van der Waals surface area contributed by atoms with E-state index in [-0.39, 0.29) is 35.1 Å². The van der Waals surface area contributed by atoms with Gasteiger partial charge in [-0.05, 0) is 48.8 Å². The Kier molecular flexibility index (Phi) is 7.22. The summed E-state index contributed by atoms with van der Waals surface area (Å²) in [5, 5.41) is 18.3. The van der Waals surface area contributed by atoms with Crippen molar-refractivity contribution >= 4 is 28.9 Å². The molecule has 1 fully saturated rings. The number of benzene rings is 1. The van der Waals surface area contributed by atoms with Crippen LogP contribution in [0.4, 0.5) is 42.1 Å². The molecule has 1 aliphatic carbocycles. The maximum Gasteiger partial charge on any atom is 0.436 e. The molecule has 9 nitrogen and oxygen atoms in total. The minimum atomic E-state index is -5.05. The summed E-state index contributed by atoms with van der Waals surface area (Å²) in [4.78, 5) is 15.1. The summed E-state index contributed by atoms with van der Waals surface area (Å²) in [6, 6.07) is 2.17. The van der Waals surface area contributed by atoms with Crippen LogP contribution >= 0.6 is 11.6 Å². The molecule has 0 radical (unpaired) electrons. The molecule has 214 valence electrons. The Balaban J connectivity index is 1.53. The molecule has 1 aromatic carbocycles. The number of amides is 1. The molecule has 0 bridgehead atoms. The van der Waals surface area contributed by atoms with E-state index in [2.05, 4.69) is 31.0 Å². The fourth-order valence-electron chi connectivity index (χ4n) is 4.52. The van der Waals surface area contributed by atoms with Crippen molar-refractivity contribution in [2.24, 2.45) is 0 Å². The van der Waals surface area contributed by atoms with Crippen molar-refractivity contribution in [2.45, 2.75) is 50.0 Å². The molecule has 1 saturated carbocycles. The topological polar surface area (TPSA) is 105 Å². The van der Waals surface area contributed by atoms with E-state index in [0.717, 1.165) is 0 Å². The lowest BCUT2D eigenvalue weighted by Crippen LogP contribution is -2.32. The SMILES string of the molecule is O=C(Nc1ccc(N2CCC=C(F)C2)cc1-c1nn[nH]n1)[C@H](CC(F)(F)F)n1nc(C(F)(F)F)c(Cl)c1C1CC1. The van der Waals surface area contributed by atoms with Gasteiger partial charge in [0.25, 0.3) is 0 Å². The number of carbonyl (C=O) groups excluding carboxylic acids is 1. The van der Waals surface area contributed by atoms with Gasteiger partial charge in [-0.25, -0.2) is 4.39 Å². The summed E-state index contributed by atoms with van der Waals surface area (Å²) in [5.41, 5.74) is -1.23. The van der Waals surface area contributed by atoms with E-state index < -0.39 is 47.4 Å². The molecule has 2 N–H and O–H groups in total. The van der Waals surface area contributed by atoms with Crippen molar-refractivity contribution in [3.05, 3.63) is 46.5 Å². The van der Waals surface area contributed by atoms with Gasteiger partial charge in [-0.15, -0.1) is 10.2 Å². The zero-order valence-electron chi connectivity index (χ0n) is 20.3. The maximum atomic E-state index is 13.9. The Labute approximate surface area is 226 Å². The number of halogens is 8. The zero-order chi connectivity index (χ0) is 28.8. The number of hydrogen-bond acceptors (Lipinski definition) is 6. The highest BCUT2D eigenvalue weighted by Gasteiger charge is 2.46. The molecule has 2 aromatic heterocycles. The third kappa shape index (κ3) is 5.90. The van der Waals surface area contributed by atoms with Gasteiger partial charge in [-0.2, -0.15) is 36.7 Å². The molecule has 1 atom stereocenters. The Morgan fingerprint density at radius 2 is 1.95 bits per heavy atom. The average Bonchev–Trinajstić information content (AvgIpc) is 3.41. The van der Waals surface area contributed by atoms with Crippen molar-refractivity contribution in [3.8, 4) is 11.4 Å². The molecule has 3 heterocycles. The summed E-state index contributed by atoms with van der Waals surface area (Å²) in [6.45, 7) is 0.459. The van der Waals surface area contributed by atoms with Crippen LogP contribution in [0.25, 0.3) is 11.4 Å². The van der Waals surface area contributed by atoms with Gasteiger partial charge < -0.3 is 10.2 Å². The van der Waals surface area contributed by atoms with E-state index in [1.165, 1.54) is 24.3 Å². The molecular weight excluding hydrogens is 573 g/mol. The van der Waals surface area contributed by atoms with Crippen LogP contribution < -0.4 is 10.2 Å². The largest absolute Gasteiger partial charge is 0.436 e. The lowest BCUT2D eigenvalue weighted by Gasteiger charge is -2.27. The monoisotopic (exact) mass is 592 g/mol. The summed E-state index contributed by atoms with van der Waals surface area (Å²) in [7, 11) is 0.